The van der Waals surface area contributed by atoms with Gasteiger partial charge >= 0.3 is 6.61 Å². The molecule has 2 rings (SSSR count). The second kappa shape index (κ2) is 7.24. The van der Waals surface area contributed by atoms with Crippen LogP contribution in [-0.2, 0) is 0 Å². The largest absolute Gasteiger partial charge is 0.434 e. The number of hydrogen-bond donors (Lipinski definition) is 1. The summed E-state index contributed by atoms with van der Waals surface area (Å²) in [4.78, 5) is 2.28. The van der Waals surface area contributed by atoms with Crippen molar-refractivity contribution in [1.29, 1.82) is 0 Å². The molecule has 1 aliphatic rings. The molecular formula is C14H20F2N2OS. The molecule has 1 aromatic carbocycles. The third-order valence-corrected chi connectivity index (χ3v) is 4.73. The van der Waals surface area contributed by atoms with Crippen LogP contribution in [0.5, 0.6) is 5.75 Å². The fourth-order valence-electron chi connectivity index (χ4n) is 2.60. The van der Waals surface area contributed by atoms with Crippen LogP contribution in [0.2, 0.25) is 0 Å². The summed E-state index contributed by atoms with van der Waals surface area (Å²) in [6.07, 6.45) is 0. The number of thioether (sulfide) groups is 1. The van der Waals surface area contributed by atoms with E-state index in [1.54, 1.807) is 12.1 Å². The second-order valence-corrected chi connectivity index (χ2v) is 5.98. The predicted molar refractivity (Wildman–Crippen MR) is 78.4 cm³/mol. The minimum atomic E-state index is -2.82. The molecule has 2 N–H and O–H groups in total. The molecule has 1 aliphatic heterocycles. The molecule has 0 bridgehead atoms. The van der Waals surface area contributed by atoms with Gasteiger partial charge in [-0.15, -0.1) is 0 Å². The fraction of sp³-hybridized carbons (Fsp3) is 0.571. The van der Waals surface area contributed by atoms with E-state index in [1.165, 1.54) is 0 Å². The van der Waals surface area contributed by atoms with E-state index in [1.807, 2.05) is 23.9 Å². The number of nitrogens with zero attached hydrogens (tertiary/aromatic N) is 1. The average molecular weight is 302 g/mol. The maximum atomic E-state index is 12.5. The number of hydrogen-bond acceptors (Lipinski definition) is 4. The van der Waals surface area contributed by atoms with Crippen molar-refractivity contribution in [2.75, 3.05) is 24.6 Å². The molecule has 20 heavy (non-hydrogen) atoms. The molecule has 1 saturated heterocycles. The van der Waals surface area contributed by atoms with Crippen LogP contribution < -0.4 is 10.5 Å². The zero-order valence-electron chi connectivity index (χ0n) is 11.5. The lowest BCUT2D eigenvalue weighted by molar-refractivity contribution is -0.0512. The van der Waals surface area contributed by atoms with E-state index in [0.29, 0.717) is 12.6 Å². The topological polar surface area (TPSA) is 38.5 Å². The lowest BCUT2D eigenvalue weighted by atomic mass is 10.0. The van der Waals surface area contributed by atoms with Gasteiger partial charge in [-0.1, -0.05) is 18.2 Å². The molecule has 6 heteroatoms. The Morgan fingerprint density at radius 3 is 2.85 bits per heavy atom. The Morgan fingerprint density at radius 2 is 2.20 bits per heavy atom. The highest BCUT2D eigenvalue weighted by Gasteiger charge is 2.28. The molecule has 0 amide bonds. The SMILES string of the molecule is CC1CSCCN1C(CN)c1ccccc1OC(F)F. The van der Waals surface area contributed by atoms with Crippen molar-refractivity contribution in [3.05, 3.63) is 29.8 Å². The number of nitrogens with two attached hydrogens (primary N) is 1. The van der Waals surface area contributed by atoms with Crippen LogP contribution >= 0.6 is 11.8 Å². The van der Waals surface area contributed by atoms with Crippen LogP contribution in [-0.4, -0.2) is 42.1 Å². The zero-order valence-corrected chi connectivity index (χ0v) is 12.3. The summed E-state index contributed by atoms with van der Waals surface area (Å²) in [6.45, 7) is 0.629. The summed E-state index contributed by atoms with van der Waals surface area (Å²) >= 11 is 1.91. The first kappa shape index (κ1) is 15.5. The quantitative estimate of drug-likeness (QED) is 0.907. The smallest absolute Gasteiger partial charge is 0.387 e. The van der Waals surface area contributed by atoms with Crippen molar-refractivity contribution in [2.24, 2.45) is 5.73 Å². The number of para-hydroxylation sites is 1. The van der Waals surface area contributed by atoms with Crippen molar-refractivity contribution in [3.8, 4) is 5.75 Å². The Labute approximate surface area is 122 Å². The number of benzene rings is 1. The van der Waals surface area contributed by atoms with E-state index in [9.17, 15) is 8.78 Å². The van der Waals surface area contributed by atoms with Crippen molar-refractivity contribution < 1.29 is 13.5 Å². The van der Waals surface area contributed by atoms with Gasteiger partial charge in [-0.25, -0.2) is 0 Å². The van der Waals surface area contributed by atoms with Gasteiger partial charge in [-0.3, -0.25) is 4.90 Å². The van der Waals surface area contributed by atoms with Crippen LogP contribution in [0, 0.1) is 0 Å². The normalized spacial score (nSPS) is 21.9. The van der Waals surface area contributed by atoms with Crippen molar-refractivity contribution in [2.45, 2.75) is 25.6 Å². The third-order valence-electron chi connectivity index (χ3n) is 3.54. The van der Waals surface area contributed by atoms with Gasteiger partial charge in [-0.05, 0) is 13.0 Å². The Kier molecular flexibility index (Phi) is 5.63. The van der Waals surface area contributed by atoms with Crippen molar-refractivity contribution in [1.82, 2.24) is 4.90 Å². The van der Waals surface area contributed by atoms with Crippen LogP contribution in [0.3, 0.4) is 0 Å². The van der Waals surface area contributed by atoms with E-state index < -0.39 is 6.61 Å². The highest BCUT2D eigenvalue weighted by molar-refractivity contribution is 7.99. The number of rotatable bonds is 5. The molecular weight excluding hydrogens is 282 g/mol. The van der Waals surface area contributed by atoms with Crippen LogP contribution in [0.15, 0.2) is 24.3 Å². The first-order chi connectivity index (χ1) is 9.63. The Hall–Kier alpha value is -0.850. The van der Waals surface area contributed by atoms with Crippen LogP contribution in [0.1, 0.15) is 18.5 Å². The minimum Gasteiger partial charge on any atom is -0.434 e. The van der Waals surface area contributed by atoms with Gasteiger partial charge < -0.3 is 10.5 Å². The lowest BCUT2D eigenvalue weighted by Gasteiger charge is -2.39. The maximum absolute atomic E-state index is 12.5. The van der Waals surface area contributed by atoms with E-state index >= 15 is 0 Å². The molecule has 1 fully saturated rings. The highest BCUT2D eigenvalue weighted by atomic mass is 32.2. The van der Waals surface area contributed by atoms with E-state index in [0.717, 1.165) is 23.6 Å². The molecule has 0 aliphatic carbocycles. The standard InChI is InChI=1S/C14H20F2N2OS/c1-10-9-20-7-6-18(10)12(8-17)11-4-2-3-5-13(11)19-14(15)16/h2-5,10,12,14H,6-9,17H2,1H3. The fourth-order valence-corrected chi connectivity index (χ4v) is 3.64. The third kappa shape index (κ3) is 3.62. The van der Waals surface area contributed by atoms with Crippen LogP contribution in [0.25, 0.3) is 0 Å². The van der Waals surface area contributed by atoms with Crippen molar-refractivity contribution >= 4 is 11.8 Å². The number of halogens is 2. The first-order valence-corrected chi connectivity index (χ1v) is 7.86. The van der Waals surface area contributed by atoms with Crippen molar-refractivity contribution in [3.63, 3.8) is 0 Å². The summed E-state index contributed by atoms with van der Waals surface area (Å²) in [6, 6.07) is 7.23. The molecule has 1 heterocycles. The molecule has 112 valence electrons. The van der Waals surface area contributed by atoms with Gasteiger partial charge in [0, 0.05) is 36.2 Å². The van der Waals surface area contributed by atoms with Gasteiger partial charge in [0.15, 0.2) is 0 Å². The molecule has 2 unspecified atom stereocenters. The number of ether oxygens (including phenoxy) is 1. The Bertz CT molecular complexity index is 433. The molecule has 0 aromatic heterocycles. The lowest BCUT2D eigenvalue weighted by Crippen LogP contribution is -2.45. The minimum absolute atomic E-state index is 0.0825. The molecule has 2 atom stereocenters. The molecule has 1 aromatic rings. The average Bonchev–Trinajstić information content (AvgIpc) is 2.43. The van der Waals surface area contributed by atoms with E-state index in [2.05, 4.69) is 16.6 Å². The van der Waals surface area contributed by atoms with Gasteiger partial charge in [0.05, 0.1) is 6.04 Å². The monoisotopic (exact) mass is 302 g/mol. The molecule has 0 radical (unpaired) electrons. The molecule has 3 nitrogen and oxygen atoms in total. The summed E-state index contributed by atoms with van der Waals surface area (Å²) in [5, 5.41) is 0. The van der Waals surface area contributed by atoms with Gasteiger partial charge in [0.25, 0.3) is 0 Å². The van der Waals surface area contributed by atoms with Gasteiger partial charge in [0.1, 0.15) is 5.75 Å². The van der Waals surface area contributed by atoms with Gasteiger partial charge in [-0.2, -0.15) is 20.5 Å². The second-order valence-electron chi connectivity index (χ2n) is 4.83. The van der Waals surface area contributed by atoms with E-state index in [4.69, 9.17) is 5.73 Å². The molecule has 0 spiro atoms. The van der Waals surface area contributed by atoms with Gasteiger partial charge in [0.2, 0.25) is 0 Å². The predicted octanol–water partition coefficient (Wildman–Crippen LogP) is 2.73. The first-order valence-electron chi connectivity index (χ1n) is 6.70. The molecule has 0 saturated carbocycles. The maximum Gasteiger partial charge on any atom is 0.387 e. The highest BCUT2D eigenvalue weighted by Crippen LogP contribution is 2.33. The number of alkyl halides is 2. The Morgan fingerprint density at radius 1 is 1.45 bits per heavy atom. The Balaban J connectivity index is 2.26. The summed E-state index contributed by atoms with van der Waals surface area (Å²) in [5.74, 6) is 2.30. The van der Waals surface area contributed by atoms with Crippen LogP contribution in [0.4, 0.5) is 8.78 Å². The summed E-state index contributed by atoms with van der Waals surface area (Å²) in [5.41, 5.74) is 6.65. The summed E-state index contributed by atoms with van der Waals surface area (Å²) in [7, 11) is 0. The zero-order chi connectivity index (χ0) is 14.5. The summed E-state index contributed by atoms with van der Waals surface area (Å²) < 4.78 is 29.7. The van der Waals surface area contributed by atoms with E-state index in [-0.39, 0.29) is 11.8 Å².